The van der Waals surface area contributed by atoms with Crippen LogP contribution in [-0.4, -0.2) is 45.7 Å². The lowest BCUT2D eigenvalue weighted by Gasteiger charge is -2.34. The van der Waals surface area contributed by atoms with Gasteiger partial charge in [-0.05, 0) is 37.8 Å². The molecule has 1 fully saturated rings. The molecule has 1 aliphatic rings. The first-order chi connectivity index (χ1) is 14.2. The molecule has 0 spiro atoms. The quantitative estimate of drug-likeness (QED) is 0.344. The van der Waals surface area contributed by atoms with Crippen LogP contribution in [0.25, 0.3) is 0 Å². The minimum absolute atomic E-state index is 0.0188. The van der Waals surface area contributed by atoms with Gasteiger partial charge >= 0.3 is 11.9 Å². The molecule has 1 aromatic carbocycles. The van der Waals surface area contributed by atoms with Crippen molar-refractivity contribution in [3.05, 3.63) is 46.5 Å². The van der Waals surface area contributed by atoms with Gasteiger partial charge in [-0.2, -0.15) is 8.78 Å². The molecule has 2 N–H and O–H groups in total. The summed E-state index contributed by atoms with van der Waals surface area (Å²) in [6, 6.07) is 5.34. The Balaban J connectivity index is 1.95. The third-order valence-corrected chi connectivity index (χ3v) is 5.74. The molecule has 0 unspecified atom stereocenters. The zero-order valence-corrected chi connectivity index (χ0v) is 18.4. The third kappa shape index (κ3) is 7.16. The van der Waals surface area contributed by atoms with Crippen LogP contribution in [0.4, 0.5) is 8.78 Å². The van der Waals surface area contributed by atoms with E-state index in [0.29, 0.717) is 36.7 Å². The highest BCUT2D eigenvalue weighted by Gasteiger charge is 2.39. The fourth-order valence-corrected chi connectivity index (χ4v) is 3.97. The molecule has 0 radical (unpaired) electrons. The van der Waals surface area contributed by atoms with E-state index in [1.165, 1.54) is 24.3 Å². The molecule has 166 valence electrons. The van der Waals surface area contributed by atoms with E-state index in [9.17, 15) is 23.5 Å². The lowest BCUT2D eigenvalue weighted by atomic mass is 9.98. The summed E-state index contributed by atoms with van der Waals surface area (Å²) >= 11 is 3.16. The summed E-state index contributed by atoms with van der Waals surface area (Å²) in [5, 5.41) is 18.8. The standard InChI is InChI=1S/C22H28BrF2NO4/c23-17-8-5-7-16(15-17)22(24,25)19(27)13-12-18-9-6-10-20(28)26(18)14-4-2-1-3-11-21(29)30/h5,7-8,12-13,15,18-19,27H,1-4,6,9-11,14H2,(H,29,30)/b13-12+/t18-,19-/m1/s1. The first kappa shape index (κ1) is 24.5. The highest BCUT2D eigenvalue weighted by molar-refractivity contribution is 9.10. The van der Waals surface area contributed by atoms with Gasteiger partial charge in [-0.1, -0.05) is 53.1 Å². The lowest BCUT2D eigenvalue weighted by Crippen LogP contribution is -2.43. The molecule has 1 heterocycles. The van der Waals surface area contributed by atoms with Crippen LogP contribution in [0.5, 0.6) is 0 Å². The molecule has 1 aliphatic heterocycles. The molecule has 8 heteroatoms. The highest BCUT2D eigenvalue weighted by Crippen LogP contribution is 2.34. The Morgan fingerprint density at radius 2 is 2.03 bits per heavy atom. The largest absolute Gasteiger partial charge is 0.481 e. The molecule has 0 saturated carbocycles. The number of carboxylic acids is 1. The van der Waals surface area contributed by atoms with Crippen molar-refractivity contribution in [1.82, 2.24) is 4.90 Å². The maximum Gasteiger partial charge on any atom is 0.303 e. The normalized spacial score (nSPS) is 18.7. The average Bonchev–Trinajstić information content (AvgIpc) is 2.69. The van der Waals surface area contributed by atoms with E-state index in [-0.39, 0.29) is 23.9 Å². The fourth-order valence-electron chi connectivity index (χ4n) is 3.57. The second-order valence-corrected chi connectivity index (χ2v) is 8.48. The van der Waals surface area contributed by atoms with E-state index in [0.717, 1.165) is 25.3 Å². The maximum absolute atomic E-state index is 14.6. The van der Waals surface area contributed by atoms with Crippen LogP contribution < -0.4 is 0 Å². The minimum atomic E-state index is -3.45. The Bertz CT molecular complexity index is 756. The van der Waals surface area contributed by atoms with Crippen molar-refractivity contribution in [3.63, 3.8) is 0 Å². The van der Waals surface area contributed by atoms with Crippen molar-refractivity contribution in [1.29, 1.82) is 0 Å². The second kappa shape index (κ2) is 11.6. The van der Waals surface area contributed by atoms with Gasteiger partial charge in [0, 0.05) is 29.4 Å². The number of benzene rings is 1. The number of rotatable bonds is 11. The lowest BCUT2D eigenvalue weighted by molar-refractivity contribution is -0.137. The van der Waals surface area contributed by atoms with E-state index in [1.54, 1.807) is 11.0 Å². The van der Waals surface area contributed by atoms with Gasteiger partial charge in [0.25, 0.3) is 0 Å². The number of halogens is 3. The summed E-state index contributed by atoms with van der Waals surface area (Å²) in [7, 11) is 0. The van der Waals surface area contributed by atoms with E-state index in [4.69, 9.17) is 5.11 Å². The molecular weight excluding hydrogens is 460 g/mol. The number of aliphatic hydroxyl groups excluding tert-OH is 1. The van der Waals surface area contributed by atoms with Crippen molar-refractivity contribution >= 4 is 27.8 Å². The topological polar surface area (TPSA) is 77.8 Å². The monoisotopic (exact) mass is 487 g/mol. The molecule has 0 bridgehead atoms. The Hall–Kier alpha value is -1.80. The Kier molecular flexibility index (Phi) is 9.42. The van der Waals surface area contributed by atoms with Crippen molar-refractivity contribution in [2.24, 2.45) is 0 Å². The summed E-state index contributed by atoms with van der Waals surface area (Å²) in [4.78, 5) is 24.5. The van der Waals surface area contributed by atoms with Gasteiger partial charge in [-0.15, -0.1) is 0 Å². The number of hydrogen-bond donors (Lipinski definition) is 2. The predicted octanol–water partition coefficient (Wildman–Crippen LogP) is 4.87. The van der Waals surface area contributed by atoms with Crippen molar-refractivity contribution in [3.8, 4) is 0 Å². The smallest absolute Gasteiger partial charge is 0.303 e. The van der Waals surface area contributed by atoms with Crippen LogP contribution >= 0.6 is 15.9 Å². The Morgan fingerprint density at radius 1 is 1.30 bits per heavy atom. The summed E-state index contributed by atoms with van der Waals surface area (Å²) in [5.74, 6) is -4.28. The van der Waals surface area contributed by atoms with Gasteiger partial charge in [-0.3, -0.25) is 9.59 Å². The van der Waals surface area contributed by atoms with E-state index in [2.05, 4.69) is 15.9 Å². The van der Waals surface area contributed by atoms with Gasteiger partial charge in [-0.25, -0.2) is 0 Å². The minimum Gasteiger partial charge on any atom is -0.481 e. The van der Waals surface area contributed by atoms with Crippen LogP contribution in [0.1, 0.15) is 56.9 Å². The Labute approximate surface area is 183 Å². The van der Waals surface area contributed by atoms with Gasteiger partial charge < -0.3 is 15.1 Å². The maximum atomic E-state index is 14.6. The molecule has 2 rings (SSSR count). The zero-order valence-electron chi connectivity index (χ0n) is 16.8. The molecule has 1 saturated heterocycles. The number of amides is 1. The van der Waals surface area contributed by atoms with Crippen molar-refractivity contribution < 1.29 is 28.6 Å². The number of aliphatic carboxylic acids is 1. The number of alkyl halides is 2. The van der Waals surface area contributed by atoms with Gasteiger partial charge in [0.15, 0.2) is 0 Å². The van der Waals surface area contributed by atoms with Gasteiger partial charge in [0.1, 0.15) is 6.10 Å². The van der Waals surface area contributed by atoms with Crippen molar-refractivity contribution in [2.75, 3.05) is 6.54 Å². The molecule has 30 heavy (non-hydrogen) atoms. The van der Waals surface area contributed by atoms with E-state index >= 15 is 0 Å². The number of carbonyl (C=O) groups excluding carboxylic acids is 1. The van der Waals surface area contributed by atoms with Crippen LogP contribution in [0.2, 0.25) is 0 Å². The number of unbranched alkanes of at least 4 members (excludes halogenated alkanes) is 3. The van der Waals surface area contributed by atoms with Gasteiger partial charge in [0.05, 0.1) is 6.04 Å². The number of carbonyl (C=O) groups is 2. The summed E-state index contributed by atoms with van der Waals surface area (Å²) < 4.78 is 29.7. The molecule has 5 nitrogen and oxygen atoms in total. The molecule has 1 aromatic rings. The summed E-state index contributed by atoms with van der Waals surface area (Å²) in [5.41, 5.74) is -0.285. The SMILES string of the molecule is O=C(O)CCCCCCN1C(=O)CCC[C@@H]1/C=C/[C@@H](O)C(F)(F)c1cccc(Br)c1. The molecular formula is C22H28BrF2NO4. The zero-order chi connectivity index (χ0) is 22.1. The fraction of sp³-hybridized carbons (Fsp3) is 0.545. The number of carboxylic acid groups (broad SMARTS) is 1. The van der Waals surface area contributed by atoms with E-state index < -0.39 is 18.0 Å². The molecule has 0 aromatic heterocycles. The number of hydrogen-bond acceptors (Lipinski definition) is 3. The van der Waals surface area contributed by atoms with E-state index in [1.807, 2.05) is 0 Å². The average molecular weight is 488 g/mol. The highest BCUT2D eigenvalue weighted by atomic mass is 79.9. The van der Waals surface area contributed by atoms with Gasteiger partial charge in [0.2, 0.25) is 5.91 Å². The van der Waals surface area contributed by atoms with Crippen LogP contribution in [0.15, 0.2) is 40.9 Å². The number of aliphatic hydroxyl groups is 1. The van der Waals surface area contributed by atoms with Crippen molar-refractivity contribution in [2.45, 2.75) is 69.4 Å². The summed E-state index contributed by atoms with van der Waals surface area (Å²) in [6.07, 6.45) is 5.42. The first-order valence-corrected chi connectivity index (χ1v) is 11.0. The molecule has 2 atom stereocenters. The molecule has 0 aliphatic carbocycles. The number of piperidine rings is 1. The number of nitrogens with zero attached hydrogens (tertiary/aromatic N) is 1. The molecule has 1 amide bonds. The third-order valence-electron chi connectivity index (χ3n) is 5.25. The van der Waals surface area contributed by atoms with Crippen LogP contribution in [0.3, 0.4) is 0 Å². The predicted molar refractivity (Wildman–Crippen MR) is 113 cm³/mol. The van der Waals surface area contributed by atoms with Crippen LogP contribution in [-0.2, 0) is 15.5 Å². The second-order valence-electron chi connectivity index (χ2n) is 7.57. The summed E-state index contributed by atoms with van der Waals surface area (Å²) in [6.45, 7) is 0.499. The van der Waals surface area contributed by atoms with Crippen LogP contribution in [0, 0.1) is 0 Å². The first-order valence-electron chi connectivity index (χ1n) is 10.2. The Morgan fingerprint density at radius 3 is 2.73 bits per heavy atom. The number of likely N-dealkylation sites (tertiary alicyclic amines) is 1.